The number of H-pyrrole nitrogens is 1. The normalized spacial score (nSPS) is 10.5. The second kappa shape index (κ2) is 5.31. The number of ether oxygens (including phenoxy) is 1. The minimum Gasteiger partial charge on any atom is -0.482 e. The standard InChI is InChI=1S/C16H19NO2/c1-10(2)8-9-13-15(18)12-7-5-6-11(3)14(12)17-16(13)19-4/h5-8H,9H2,1-4H3,(H,17,18). The van der Waals surface area contributed by atoms with E-state index in [1.165, 1.54) is 5.57 Å². The summed E-state index contributed by atoms with van der Waals surface area (Å²) < 4.78 is 5.34. The third-order valence-electron chi connectivity index (χ3n) is 3.22. The number of methoxy groups -OCH3 is 1. The van der Waals surface area contributed by atoms with Crippen LogP contribution < -0.4 is 10.2 Å². The molecule has 0 spiro atoms. The topological polar surface area (TPSA) is 42.1 Å². The Morgan fingerprint density at radius 3 is 2.74 bits per heavy atom. The lowest BCUT2D eigenvalue weighted by Gasteiger charge is -2.10. The van der Waals surface area contributed by atoms with Crippen LogP contribution in [0, 0.1) is 6.92 Å². The highest BCUT2D eigenvalue weighted by molar-refractivity contribution is 5.83. The van der Waals surface area contributed by atoms with Crippen LogP contribution in [0.2, 0.25) is 0 Å². The molecular weight excluding hydrogens is 238 g/mol. The molecule has 0 unspecified atom stereocenters. The van der Waals surface area contributed by atoms with Gasteiger partial charge >= 0.3 is 0 Å². The SMILES string of the molecule is COc1[nH]c2c(C)cccc2c(=O)c1CC=C(C)C. The summed E-state index contributed by atoms with van der Waals surface area (Å²) in [5.74, 6) is 0.560. The van der Waals surface area contributed by atoms with E-state index in [-0.39, 0.29) is 5.43 Å². The summed E-state index contributed by atoms with van der Waals surface area (Å²) in [7, 11) is 1.58. The molecule has 2 aromatic rings. The summed E-state index contributed by atoms with van der Waals surface area (Å²) in [6.07, 6.45) is 2.62. The number of fused-ring (bicyclic) bond motifs is 1. The molecule has 1 aromatic heterocycles. The fourth-order valence-electron chi connectivity index (χ4n) is 2.14. The quantitative estimate of drug-likeness (QED) is 0.857. The highest BCUT2D eigenvalue weighted by atomic mass is 16.5. The molecule has 0 bridgehead atoms. The number of hydrogen-bond acceptors (Lipinski definition) is 2. The summed E-state index contributed by atoms with van der Waals surface area (Å²) in [6, 6.07) is 5.74. The molecule has 0 amide bonds. The number of hydrogen-bond donors (Lipinski definition) is 1. The molecule has 0 atom stereocenters. The van der Waals surface area contributed by atoms with Gasteiger partial charge in [0.2, 0.25) is 0 Å². The van der Waals surface area contributed by atoms with Crippen molar-refractivity contribution < 1.29 is 4.74 Å². The van der Waals surface area contributed by atoms with Gasteiger partial charge in [0.15, 0.2) is 11.3 Å². The molecule has 0 fully saturated rings. The zero-order chi connectivity index (χ0) is 14.0. The van der Waals surface area contributed by atoms with Crippen molar-refractivity contribution in [2.75, 3.05) is 7.11 Å². The molecule has 0 aliphatic carbocycles. The fraction of sp³-hybridized carbons (Fsp3) is 0.312. The third kappa shape index (κ3) is 2.55. The number of nitrogens with one attached hydrogen (secondary N) is 1. The summed E-state index contributed by atoms with van der Waals surface area (Å²) >= 11 is 0. The van der Waals surface area contributed by atoms with Crippen molar-refractivity contribution >= 4 is 10.9 Å². The van der Waals surface area contributed by atoms with Gasteiger partial charge in [-0.3, -0.25) is 4.79 Å². The van der Waals surface area contributed by atoms with Gasteiger partial charge in [0.05, 0.1) is 18.2 Å². The summed E-state index contributed by atoms with van der Waals surface area (Å²) in [4.78, 5) is 15.8. The van der Waals surface area contributed by atoms with Crippen molar-refractivity contribution in [2.45, 2.75) is 27.2 Å². The molecule has 1 aromatic carbocycles. The number of benzene rings is 1. The molecule has 0 radical (unpaired) electrons. The van der Waals surface area contributed by atoms with Gasteiger partial charge in [-0.2, -0.15) is 0 Å². The second-order valence-electron chi connectivity index (χ2n) is 4.95. The van der Waals surface area contributed by atoms with Gasteiger partial charge in [0.1, 0.15) is 0 Å². The molecular formula is C16H19NO2. The molecule has 100 valence electrons. The Morgan fingerprint density at radius 2 is 2.11 bits per heavy atom. The van der Waals surface area contributed by atoms with E-state index in [2.05, 4.69) is 4.98 Å². The lowest BCUT2D eigenvalue weighted by molar-refractivity contribution is 0.394. The molecule has 0 aliphatic rings. The van der Waals surface area contributed by atoms with Crippen molar-refractivity contribution in [3.8, 4) is 5.88 Å². The molecule has 0 aliphatic heterocycles. The number of aromatic nitrogens is 1. The van der Waals surface area contributed by atoms with E-state index in [1.54, 1.807) is 7.11 Å². The first-order valence-corrected chi connectivity index (χ1v) is 6.36. The van der Waals surface area contributed by atoms with Crippen LogP contribution in [-0.2, 0) is 6.42 Å². The highest BCUT2D eigenvalue weighted by Gasteiger charge is 2.12. The monoisotopic (exact) mass is 257 g/mol. The third-order valence-corrected chi connectivity index (χ3v) is 3.22. The Labute approximate surface area is 112 Å². The number of allylic oxidation sites excluding steroid dienone is 2. The van der Waals surface area contributed by atoms with E-state index in [1.807, 2.05) is 45.0 Å². The largest absolute Gasteiger partial charge is 0.482 e. The van der Waals surface area contributed by atoms with Crippen LogP contribution in [0.15, 0.2) is 34.6 Å². The predicted octanol–water partition coefficient (Wildman–Crippen LogP) is 3.35. The minimum absolute atomic E-state index is 0.0480. The fourth-order valence-corrected chi connectivity index (χ4v) is 2.14. The molecule has 2 rings (SSSR count). The Bertz CT molecular complexity index is 692. The van der Waals surface area contributed by atoms with E-state index in [0.29, 0.717) is 17.9 Å². The molecule has 1 N–H and O–H groups in total. The Hall–Kier alpha value is -2.03. The van der Waals surface area contributed by atoms with Crippen LogP contribution in [0.25, 0.3) is 10.9 Å². The smallest absolute Gasteiger partial charge is 0.198 e. The first kappa shape index (κ1) is 13.4. The van der Waals surface area contributed by atoms with Crippen LogP contribution in [0.5, 0.6) is 5.88 Å². The van der Waals surface area contributed by atoms with Crippen molar-refractivity contribution in [1.29, 1.82) is 0 Å². The van der Waals surface area contributed by atoms with E-state index in [0.717, 1.165) is 16.5 Å². The van der Waals surface area contributed by atoms with Gasteiger partial charge in [-0.15, -0.1) is 0 Å². The van der Waals surface area contributed by atoms with E-state index >= 15 is 0 Å². The number of aryl methyl sites for hydroxylation is 1. The van der Waals surface area contributed by atoms with E-state index < -0.39 is 0 Å². The molecule has 3 nitrogen and oxygen atoms in total. The van der Waals surface area contributed by atoms with Crippen molar-refractivity contribution in [3.05, 3.63) is 51.2 Å². The van der Waals surface area contributed by atoms with Crippen LogP contribution >= 0.6 is 0 Å². The van der Waals surface area contributed by atoms with Gasteiger partial charge in [-0.05, 0) is 38.8 Å². The molecule has 19 heavy (non-hydrogen) atoms. The van der Waals surface area contributed by atoms with Crippen molar-refractivity contribution in [2.24, 2.45) is 0 Å². The molecule has 0 saturated heterocycles. The summed E-state index contributed by atoms with van der Waals surface area (Å²) in [6.45, 7) is 6.02. The lowest BCUT2D eigenvalue weighted by Crippen LogP contribution is -2.13. The zero-order valence-electron chi connectivity index (χ0n) is 11.8. The summed E-state index contributed by atoms with van der Waals surface area (Å²) in [5, 5.41) is 0.720. The number of pyridine rings is 1. The highest BCUT2D eigenvalue weighted by Crippen LogP contribution is 2.20. The lowest BCUT2D eigenvalue weighted by atomic mass is 10.1. The number of aromatic amines is 1. The van der Waals surface area contributed by atoms with Crippen LogP contribution in [0.4, 0.5) is 0 Å². The molecule has 3 heteroatoms. The van der Waals surface area contributed by atoms with Gasteiger partial charge in [-0.1, -0.05) is 23.8 Å². The first-order valence-electron chi connectivity index (χ1n) is 6.36. The average molecular weight is 257 g/mol. The Kier molecular flexibility index (Phi) is 3.74. The second-order valence-corrected chi connectivity index (χ2v) is 4.95. The van der Waals surface area contributed by atoms with Gasteiger partial charge in [0, 0.05) is 5.39 Å². The minimum atomic E-state index is 0.0480. The Balaban J connectivity index is 2.73. The van der Waals surface area contributed by atoms with Gasteiger partial charge in [-0.25, -0.2) is 0 Å². The maximum absolute atomic E-state index is 12.5. The van der Waals surface area contributed by atoms with Crippen LogP contribution in [-0.4, -0.2) is 12.1 Å². The summed E-state index contributed by atoms with van der Waals surface area (Å²) in [5.41, 5.74) is 3.81. The molecule has 0 saturated carbocycles. The maximum Gasteiger partial charge on any atom is 0.198 e. The van der Waals surface area contributed by atoms with Gasteiger partial charge < -0.3 is 9.72 Å². The Morgan fingerprint density at radius 1 is 1.37 bits per heavy atom. The number of rotatable bonds is 3. The van der Waals surface area contributed by atoms with Crippen LogP contribution in [0.3, 0.4) is 0 Å². The predicted molar refractivity (Wildman–Crippen MR) is 79.0 cm³/mol. The van der Waals surface area contributed by atoms with E-state index in [4.69, 9.17) is 4.74 Å². The average Bonchev–Trinajstić information content (AvgIpc) is 2.38. The van der Waals surface area contributed by atoms with E-state index in [9.17, 15) is 4.79 Å². The van der Waals surface area contributed by atoms with Crippen molar-refractivity contribution in [1.82, 2.24) is 4.98 Å². The van der Waals surface area contributed by atoms with Gasteiger partial charge in [0.25, 0.3) is 0 Å². The number of para-hydroxylation sites is 1. The maximum atomic E-state index is 12.5. The zero-order valence-corrected chi connectivity index (χ0v) is 11.8. The van der Waals surface area contributed by atoms with Crippen molar-refractivity contribution in [3.63, 3.8) is 0 Å². The van der Waals surface area contributed by atoms with Crippen LogP contribution in [0.1, 0.15) is 25.0 Å². The molecule has 1 heterocycles. The first-order chi connectivity index (χ1) is 9.04.